The van der Waals surface area contributed by atoms with E-state index >= 15 is 0 Å². The van der Waals surface area contributed by atoms with Crippen LogP contribution in [0.1, 0.15) is 32.1 Å². The molecule has 1 aromatic rings. The van der Waals surface area contributed by atoms with E-state index in [1.807, 2.05) is 31.2 Å². The van der Waals surface area contributed by atoms with Gasteiger partial charge in [0.15, 0.2) is 11.1 Å². The molecule has 132 valence electrons. The van der Waals surface area contributed by atoms with Gasteiger partial charge in [-0.1, -0.05) is 44.7 Å². The van der Waals surface area contributed by atoms with Gasteiger partial charge in [-0.05, 0) is 12.5 Å². The first kappa shape index (κ1) is 26.0. The maximum atomic E-state index is 11.2. The molecule has 0 aliphatic carbocycles. The Balaban J connectivity index is -0.000000452. The maximum Gasteiger partial charge on any atom is 0.394 e. The largest absolute Gasteiger partial charge is 0.394 e. The predicted molar refractivity (Wildman–Crippen MR) is 86.9 cm³/mol. The van der Waals surface area contributed by atoms with Crippen molar-refractivity contribution >= 4 is 21.5 Å². The monoisotopic (exact) mass is 359 g/mol. The van der Waals surface area contributed by atoms with Crippen molar-refractivity contribution in [3.05, 3.63) is 35.4 Å². The highest BCUT2D eigenvalue weighted by atomic mass is 32.3. The fourth-order valence-electron chi connectivity index (χ4n) is 1.28. The maximum absolute atomic E-state index is 11.2. The summed E-state index contributed by atoms with van der Waals surface area (Å²) >= 11 is -1.37. The van der Waals surface area contributed by atoms with Crippen molar-refractivity contribution in [2.75, 3.05) is 12.9 Å². The molecule has 0 fully saturated rings. The molecule has 0 radical (unpaired) electrons. The second-order valence-corrected chi connectivity index (χ2v) is 5.79. The third-order valence-corrected chi connectivity index (χ3v) is 3.00. The number of nitrogens with two attached hydrogens (primary N) is 1. The summed E-state index contributed by atoms with van der Waals surface area (Å²) in [7, 11) is -3.28. The summed E-state index contributed by atoms with van der Waals surface area (Å²) in [6.07, 6.45) is -0.398. The molecule has 0 bridgehead atoms. The van der Waals surface area contributed by atoms with E-state index in [1.54, 1.807) is 0 Å². The fraction of sp³-hybridized carbons (Fsp3) is 0.500. The molecular formula is C12H25NO7S2. The molecule has 0 spiro atoms. The number of benzene rings is 1. The Morgan fingerprint density at radius 2 is 1.82 bits per heavy atom. The first-order chi connectivity index (χ1) is 9.17. The van der Waals surface area contributed by atoms with E-state index in [0.717, 1.165) is 11.1 Å². The van der Waals surface area contributed by atoms with Crippen molar-refractivity contribution in [2.45, 2.75) is 27.9 Å². The lowest BCUT2D eigenvalue weighted by Crippen LogP contribution is -2.17. The van der Waals surface area contributed by atoms with Crippen LogP contribution in [0, 0.1) is 6.92 Å². The molecule has 0 heterocycles. The van der Waals surface area contributed by atoms with Gasteiger partial charge in [0.25, 0.3) is 0 Å². The molecule has 1 aromatic carbocycles. The van der Waals surface area contributed by atoms with Crippen LogP contribution >= 0.6 is 0 Å². The Hall–Kier alpha value is -0.880. The molecule has 2 atom stereocenters. The molecule has 0 aromatic heterocycles. The van der Waals surface area contributed by atoms with Crippen molar-refractivity contribution < 1.29 is 30.8 Å². The highest BCUT2D eigenvalue weighted by Crippen LogP contribution is 2.18. The summed E-state index contributed by atoms with van der Waals surface area (Å²) in [5.74, 6) is 5.40. The molecule has 22 heavy (non-hydrogen) atoms. The van der Waals surface area contributed by atoms with Crippen molar-refractivity contribution in [2.24, 2.45) is 5.90 Å². The zero-order valence-electron chi connectivity index (χ0n) is 10.9. The summed E-state index contributed by atoms with van der Waals surface area (Å²) in [5.41, 5.74) is 2.01. The Morgan fingerprint density at radius 1 is 1.32 bits per heavy atom. The molecule has 4 N–H and O–H groups in total. The molecule has 2 unspecified atom stereocenters. The summed E-state index contributed by atoms with van der Waals surface area (Å²) in [6, 6.07) is 7.72. The number of hydrogen-bond acceptors (Lipinski definition) is 6. The number of hydrogen-bond donors (Lipinski definition) is 3. The lowest BCUT2D eigenvalue weighted by Gasteiger charge is -2.13. The van der Waals surface area contributed by atoms with Gasteiger partial charge in [0.2, 0.25) is 0 Å². The quantitative estimate of drug-likeness (QED) is 0.535. The van der Waals surface area contributed by atoms with Gasteiger partial charge < -0.3 is 0 Å². The van der Waals surface area contributed by atoms with Gasteiger partial charge in [0.1, 0.15) is 6.10 Å². The first-order valence-corrected chi connectivity index (χ1v) is 7.86. The Labute approximate surface area is 134 Å². The second-order valence-electron chi connectivity index (χ2n) is 3.62. The highest BCUT2D eigenvalue weighted by molar-refractivity contribution is 7.80. The Kier molecular flexibility index (Phi) is 15.0. The Bertz CT molecular complexity index is 526. The van der Waals surface area contributed by atoms with Gasteiger partial charge in [-0.2, -0.15) is 8.42 Å². The van der Waals surface area contributed by atoms with Gasteiger partial charge in [0.05, 0.1) is 12.9 Å². The van der Waals surface area contributed by atoms with E-state index in [2.05, 4.69) is 4.18 Å². The predicted octanol–water partition coefficient (Wildman–Crippen LogP) is 1.86. The van der Waals surface area contributed by atoms with Crippen LogP contribution in [0.25, 0.3) is 0 Å². The van der Waals surface area contributed by atoms with Crippen LogP contribution in [-0.4, -0.2) is 34.6 Å². The van der Waals surface area contributed by atoms with E-state index in [4.69, 9.17) is 28.3 Å². The fourth-order valence-corrected chi connectivity index (χ4v) is 1.93. The number of aryl methyl sites for hydroxylation is 1. The summed E-state index contributed by atoms with van der Waals surface area (Å²) < 4.78 is 47.4. The van der Waals surface area contributed by atoms with Crippen LogP contribution in [0.4, 0.5) is 0 Å². The molecule has 0 saturated carbocycles. The standard InChI is InChI=1S/C10H15NO3S.2CH4.H2O4S/c1-8-4-3-5-9(6-8)10(14-11)7-15(12)13-2;;;1-5(2,3)4/h3-6,10H,7,11H2,1-2H3;2*1H4;(H2,1,2,3,4). The lowest BCUT2D eigenvalue weighted by atomic mass is 10.1. The van der Waals surface area contributed by atoms with Gasteiger partial charge in [-0.3, -0.25) is 18.1 Å². The van der Waals surface area contributed by atoms with E-state index in [0.29, 0.717) is 0 Å². The van der Waals surface area contributed by atoms with Gasteiger partial charge >= 0.3 is 10.4 Å². The van der Waals surface area contributed by atoms with E-state index in [1.165, 1.54) is 7.11 Å². The van der Waals surface area contributed by atoms with Gasteiger partial charge in [-0.25, -0.2) is 10.1 Å². The molecule has 8 nitrogen and oxygen atoms in total. The van der Waals surface area contributed by atoms with E-state index in [-0.39, 0.29) is 20.6 Å². The summed E-state index contributed by atoms with van der Waals surface area (Å²) in [5, 5.41) is 0. The third kappa shape index (κ3) is 14.1. The van der Waals surface area contributed by atoms with Gasteiger partial charge in [0, 0.05) is 0 Å². The topological polar surface area (TPSA) is 136 Å². The van der Waals surface area contributed by atoms with Crippen LogP contribution in [0.3, 0.4) is 0 Å². The van der Waals surface area contributed by atoms with E-state index in [9.17, 15) is 4.21 Å². The molecule has 10 heteroatoms. The SMILES string of the molecule is C.C.COS(=O)CC(ON)c1cccc(C)c1.O=S(=O)(O)O. The van der Waals surface area contributed by atoms with Crippen molar-refractivity contribution in [1.29, 1.82) is 0 Å². The molecule has 0 aliphatic heterocycles. The smallest absolute Gasteiger partial charge is 0.295 e. The van der Waals surface area contributed by atoms with Crippen LogP contribution < -0.4 is 5.90 Å². The van der Waals surface area contributed by atoms with Crippen LogP contribution in [0.5, 0.6) is 0 Å². The summed E-state index contributed by atoms with van der Waals surface area (Å²) in [4.78, 5) is 4.79. The molecular weight excluding hydrogens is 334 g/mol. The lowest BCUT2D eigenvalue weighted by molar-refractivity contribution is 0.0681. The minimum absolute atomic E-state index is 0. The minimum Gasteiger partial charge on any atom is -0.295 e. The average Bonchev–Trinajstić information content (AvgIpc) is 2.33. The van der Waals surface area contributed by atoms with Crippen molar-refractivity contribution in [1.82, 2.24) is 0 Å². The second kappa shape index (κ2) is 12.6. The van der Waals surface area contributed by atoms with Crippen molar-refractivity contribution in [3.63, 3.8) is 0 Å². The highest BCUT2D eigenvalue weighted by Gasteiger charge is 2.15. The zero-order valence-corrected chi connectivity index (χ0v) is 12.6. The summed E-state index contributed by atoms with van der Waals surface area (Å²) in [6.45, 7) is 1.98. The molecule has 0 saturated heterocycles. The van der Waals surface area contributed by atoms with Crippen LogP contribution in [-0.2, 0) is 30.5 Å². The normalized spacial score (nSPS) is 12.8. The molecule has 1 rings (SSSR count). The average molecular weight is 359 g/mol. The molecule has 0 aliphatic rings. The zero-order chi connectivity index (χ0) is 15.8. The minimum atomic E-state index is -4.67. The molecule has 0 amide bonds. The van der Waals surface area contributed by atoms with Gasteiger partial charge in [-0.15, -0.1) is 0 Å². The number of rotatable bonds is 5. The Morgan fingerprint density at radius 3 is 2.18 bits per heavy atom. The third-order valence-electron chi connectivity index (χ3n) is 2.05. The first-order valence-electron chi connectivity index (χ1n) is 5.22. The van der Waals surface area contributed by atoms with Crippen LogP contribution in [0.2, 0.25) is 0 Å². The van der Waals surface area contributed by atoms with Crippen LogP contribution in [0.15, 0.2) is 24.3 Å². The van der Waals surface area contributed by atoms with E-state index < -0.39 is 27.6 Å². The van der Waals surface area contributed by atoms with Crippen molar-refractivity contribution in [3.8, 4) is 0 Å².